The van der Waals surface area contributed by atoms with Gasteiger partial charge in [0, 0.05) is 18.3 Å². The van der Waals surface area contributed by atoms with Gasteiger partial charge in [-0.25, -0.2) is 8.78 Å². The monoisotopic (exact) mass is 344 g/mol. The Kier molecular flexibility index (Phi) is 5.13. The molecule has 1 aliphatic rings. The number of carbonyl (C=O) groups is 1. The quantitative estimate of drug-likeness (QED) is 0.839. The van der Waals surface area contributed by atoms with Gasteiger partial charge in [0.25, 0.3) is 0 Å². The van der Waals surface area contributed by atoms with Gasteiger partial charge >= 0.3 is 0 Å². The first-order valence-corrected chi connectivity index (χ1v) is 8.51. The van der Waals surface area contributed by atoms with E-state index in [4.69, 9.17) is 0 Å². The van der Waals surface area contributed by atoms with Gasteiger partial charge in [0.15, 0.2) is 11.6 Å². The summed E-state index contributed by atoms with van der Waals surface area (Å²) in [6, 6.07) is 11.6. The van der Waals surface area contributed by atoms with E-state index in [0.29, 0.717) is 12.1 Å². The number of benzene rings is 2. The molecule has 0 saturated heterocycles. The van der Waals surface area contributed by atoms with Crippen LogP contribution >= 0.6 is 0 Å². The largest absolute Gasteiger partial charge is 0.311 e. The lowest BCUT2D eigenvalue weighted by Crippen LogP contribution is -2.42. The van der Waals surface area contributed by atoms with Crippen LogP contribution in [0.25, 0.3) is 0 Å². The first-order valence-electron chi connectivity index (χ1n) is 8.51. The molecule has 0 fully saturated rings. The van der Waals surface area contributed by atoms with Crippen LogP contribution in [0, 0.1) is 11.6 Å². The second kappa shape index (κ2) is 7.31. The first kappa shape index (κ1) is 17.5. The van der Waals surface area contributed by atoms with Crippen molar-refractivity contribution in [2.45, 2.75) is 25.8 Å². The summed E-state index contributed by atoms with van der Waals surface area (Å²) in [6.07, 6.45) is 1.94. The molecule has 1 atom stereocenters. The normalized spacial score (nSPS) is 15.2. The summed E-state index contributed by atoms with van der Waals surface area (Å²) in [5.41, 5.74) is 2.82. The van der Waals surface area contributed by atoms with Crippen molar-refractivity contribution in [3.63, 3.8) is 0 Å². The van der Waals surface area contributed by atoms with Crippen molar-refractivity contribution < 1.29 is 13.6 Å². The Morgan fingerprint density at radius 3 is 2.72 bits per heavy atom. The number of carbonyl (C=O) groups excluding carboxylic acids is 1. The zero-order chi connectivity index (χ0) is 18.0. The summed E-state index contributed by atoms with van der Waals surface area (Å²) in [7, 11) is 1.82. The summed E-state index contributed by atoms with van der Waals surface area (Å²) in [5.74, 6) is -1.71. The third-order valence-electron chi connectivity index (χ3n) is 4.88. The van der Waals surface area contributed by atoms with Crippen LogP contribution < -0.4 is 4.90 Å². The maximum absolute atomic E-state index is 13.5. The van der Waals surface area contributed by atoms with E-state index in [1.165, 1.54) is 11.6 Å². The number of fused-ring (bicyclic) bond motifs is 1. The molecule has 1 unspecified atom stereocenters. The van der Waals surface area contributed by atoms with Crippen molar-refractivity contribution >= 4 is 11.6 Å². The molecule has 0 radical (unpaired) electrons. The molecule has 1 amide bonds. The second-order valence-electron chi connectivity index (χ2n) is 6.54. The van der Waals surface area contributed by atoms with E-state index in [1.54, 1.807) is 6.07 Å². The van der Waals surface area contributed by atoms with Gasteiger partial charge in [0.05, 0.1) is 6.54 Å². The lowest BCUT2D eigenvalue weighted by molar-refractivity contribution is -0.120. The molecule has 2 aromatic rings. The van der Waals surface area contributed by atoms with E-state index in [0.717, 1.165) is 24.6 Å². The van der Waals surface area contributed by atoms with Crippen LogP contribution in [0.1, 0.15) is 30.5 Å². The number of rotatable bonds is 4. The van der Waals surface area contributed by atoms with Crippen LogP contribution in [0.15, 0.2) is 42.5 Å². The van der Waals surface area contributed by atoms with E-state index >= 15 is 0 Å². The van der Waals surface area contributed by atoms with E-state index in [9.17, 15) is 13.6 Å². The Morgan fingerprint density at radius 2 is 1.96 bits per heavy atom. The lowest BCUT2D eigenvalue weighted by Gasteiger charge is -2.32. The highest BCUT2D eigenvalue weighted by Crippen LogP contribution is 2.27. The minimum atomic E-state index is -0.867. The average Bonchev–Trinajstić information content (AvgIpc) is 2.62. The summed E-state index contributed by atoms with van der Waals surface area (Å²) in [4.78, 5) is 16.5. The number of likely N-dealkylation sites (N-methyl/N-ethyl adjacent to an activating group) is 1. The summed E-state index contributed by atoms with van der Waals surface area (Å²) in [6.45, 7) is 2.81. The zero-order valence-corrected chi connectivity index (χ0v) is 14.5. The van der Waals surface area contributed by atoms with Gasteiger partial charge in [-0.3, -0.25) is 9.69 Å². The number of para-hydroxylation sites is 1. The van der Waals surface area contributed by atoms with E-state index in [1.807, 2.05) is 42.0 Å². The van der Waals surface area contributed by atoms with Crippen LogP contribution in [0.2, 0.25) is 0 Å². The number of anilines is 1. The van der Waals surface area contributed by atoms with Crippen LogP contribution in [-0.4, -0.2) is 30.9 Å². The van der Waals surface area contributed by atoms with Gasteiger partial charge in [0.2, 0.25) is 5.91 Å². The van der Waals surface area contributed by atoms with Crippen LogP contribution in [0.3, 0.4) is 0 Å². The van der Waals surface area contributed by atoms with Gasteiger partial charge in [-0.15, -0.1) is 0 Å². The Bertz CT molecular complexity index is 778. The molecule has 1 heterocycles. The molecule has 2 aromatic carbocycles. The van der Waals surface area contributed by atoms with Crippen molar-refractivity contribution in [3.8, 4) is 0 Å². The highest BCUT2D eigenvalue weighted by Gasteiger charge is 2.24. The highest BCUT2D eigenvalue weighted by molar-refractivity contribution is 5.95. The minimum absolute atomic E-state index is 0.0177. The molecule has 25 heavy (non-hydrogen) atoms. The third-order valence-corrected chi connectivity index (χ3v) is 4.88. The van der Waals surface area contributed by atoms with Crippen molar-refractivity contribution in [1.82, 2.24) is 4.90 Å². The Balaban J connectivity index is 1.71. The zero-order valence-electron chi connectivity index (χ0n) is 14.5. The van der Waals surface area contributed by atoms with E-state index < -0.39 is 11.6 Å². The fourth-order valence-corrected chi connectivity index (χ4v) is 3.26. The predicted octanol–water partition coefficient (Wildman–Crippen LogP) is 3.94. The van der Waals surface area contributed by atoms with Gasteiger partial charge < -0.3 is 4.90 Å². The van der Waals surface area contributed by atoms with Crippen LogP contribution in [-0.2, 0) is 11.2 Å². The molecule has 5 heteroatoms. The third kappa shape index (κ3) is 3.71. The molecule has 0 spiro atoms. The molecule has 0 saturated carbocycles. The molecular weight excluding hydrogens is 322 g/mol. The molecule has 0 bridgehead atoms. The van der Waals surface area contributed by atoms with E-state index in [2.05, 4.69) is 6.07 Å². The molecule has 132 valence electrons. The number of halogens is 2. The molecule has 3 rings (SSSR count). The SMILES string of the molecule is CC(c1ccc(F)c(F)c1)N(C)CC(=O)N1CCCc2ccccc21. The van der Waals surface area contributed by atoms with Crippen molar-refractivity contribution in [1.29, 1.82) is 0 Å². The van der Waals surface area contributed by atoms with Crippen molar-refractivity contribution in [2.24, 2.45) is 0 Å². The topological polar surface area (TPSA) is 23.6 Å². The number of hydrogen-bond acceptors (Lipinski definition) is 2. The van der Waals surface area contributed by atoms with E-state index in [-0.39, 0.29) is 18.5 Å². The summed E-state index contributed by atoms with van der Waals surface area (Å²) in [5, 5.41) is 0. The Hall–Kier alpha value is -2.27. The molecule has 3 nitrogen and oxygen atoms in total. The summed E-state index contributed by atoms with van der Waals surface area (Å²) >= 11 is 0. The fraction of sp³-hybridized carbons (Fsp3) is 0.350. The molecule has 0 aliphatic carbocycles. The first-order chi connectivity index (χ1) is 12.0. The Labute approximate surface area is 146 Å². The Morgan fingerprint density at radius 1 is 1.20 bits per heavy atom. The van der Waals surface area contributed by atoms with Gasteiger partial charge in [-0.05, 0) is 56.1 Å². The molecule has 0 N–H and O–H groups in total. The number of hydrogen-bond donors (Lipinski definition) is 0. The molecule has 1 aliphatic heterocycles. The second-order valence-corrected chi connectivity index (χ2v) is 6.54. The van der Waals surface area contributed by atoms with Gasteiger partial charge in [-0.2, -0.15) is 0 Å². The van der Waals surface area contributed by atoms with Crippen LogP contribution in [0.5, 0.6) is 0 Å². The van der Waals surface area contributed by atoms with Crippen LogP contribution in [0.4, 0.5) is 14.5 Å². The lowest BCUT2D eigenvalue weighted by atomic mass is 10.0. The number of aryl methyl sites for hydroxylation is 1. The van der Waals surface area contributed by atoms with Crippen molar-refractivity contribution in [3.05, 3.63) is 65.2 Å². The molecular formula is C20H22F2N2O. The maximum Gasteiger partial charge on any atom is 0.241 e. The fourth-order valence-electron chi connectivity index (χ4n) is 3.26. The summed E-state index contributed by atoms with van der Waals surface area (Å²) < 4.78 is 26.6. The predicted molar refractivity (Wildman–Crippen MR) is 94.5 cm³/mol. The average molecular weight is 344 g/mol. The van der Waals surface area contributed by atoms with Crippen molar-refractivity contribution in [2.75, 3.05) is 25.0 Å². The van der Waals surface area contributed by atoms with Gasteiger partial charge in [0.1, 0.15) is 0 Å². The minimum Gasteiger partial charge on any atom is -0.311 e. The smallest absolute Gasteiger partial charge is 0.241 e. The maximum atomic E-state index is 13.5. The molecule has 0 aromatic heterocycles. The van der Waals surface area contributed by atoms with Gasteiger partial charge in [-0.1, -0.05) is 24.3 Å². The number of nitrogens with zero attached hydrogens (tertiary/aromatic N) is 2. The standard InChI is InChI=1S/C20H22F2N2O/c1-14(16-9-10-17(21)18(22)12-16)23(2)13-20(25)24-11-5-7-15-6-3-4-8-19(15)24/h3-4,6,8-10,12,14H,5,7,11,13H2,1-2H3. The number of amides is 1. The highest BCUT2D eigenvalue weighted by atomic mass is 19.2.